The van der Waals surface area contributed by atoms with Crippen molar-refractivity contribution in [3.63, 3.8) is 0 Å². The second-order valence-electron chi connectivity index (χ2n) is 5.24. The van der Waals surface area contributed by atoms with E-state index in [0.717, 1.165) is 13.1 Å². The van der Waals surface area contributed by atoms with Gasteiger partial charge in [0, 0.05) is 19.1 Å². The molecule has 0 aliphatic rings. The molecule has 0 aliphatic heterocycles. The topological polar surface area (TPSA) is 15.3 Å². The van der Waals surface area contributed by atoms with Crippen molar-refractivity contribution in [1.82, 2.24) is 5.32 Å². The summed E-state index contributed by atoms with van der Waals surface area (Å²) in [5, 5.41) is 3.33. The van der Waals surface area contributed by atoms with E-state index in [-0.39, 0.29) is 11.9 Å². The number of aryl methyl sites for hydroxylation is 1. The Morgan fingerprint density at radius 3 is 2.33 bits per heavy atom. The highest BCUT2D eigenvalue weighted by atomic mass is 19.1. The van der Waals surface area contributed by atoms with Gasteiger partial charge < -0.3 is 10.2 Å². The summed E-state index contributed by atoms with van der Waals surface area (Å²) in [6.45, 7) is 5.63. The van der Waals surface area contributed by atoms with E-state index in [4.69, 9.17) is 0 Å². The monoisotopic (exact) mass is 286 g/mol. The third kappa shape index (κ3) is 3.82. The minimum absolute atomic E-state index is 0.168. The lowest BCUT2D eigenvalue weighted by molar-refractivity contribution is 0.562. The molecule has 0 radical (unpaired) electrons. The Morgan fingerprint density at radius 1 is 1.10 bits per heavy atom. The van der Waals surface area contributed by atoms with Crippen LogP contribution in [0.5, 0.6) is 0 Å². The smallest absolute Gasteiger partial charge is 0.146 e. The summed E-state index contributed by atoms with van der Waals surface area (Å²) in [6, 6.07) is 15.6. The summed E-state index contributed by atoms with van der Waals surface area (Å²) >= 11 is 0. The molecule has 0 amide bonds. The zero-order chi connectivity index (χ0) is 15.2. The standard InChI is InChI=1S/C18H23FN2/c1-4-21(18-8-6-5-7-16(18)19)13-17(20-3)15-11-9-14(2)10-12-15/h5-12,17,20H,4,13H2,1-3H3. The van der Waals surface area contributed by atoms with E-state index in [2.05, 4.69) is 41.4 Å². The van der Waals surface area contributed by atoms with Crippen LogP contribution in [0.3, 0.4) is 0 Å². The van der Waals surface area contributed by atoms with Crippen LogP contribution in [0.2, 0.25) is 0 Å². The van der Waals surface area contributed by atoms with Gasteiger partial charge in [-0.3, -0.25) is 0 Å². The number of hydrogen-bond donors (Lipinski definition) is 1. The molecule has 0 aliphatic carbocycles. The third-order valence-electron chi connectivity index (χ3n) is 3.81. The van der Waals surface area contributed by atoms with Crippen molar-refractivity contribution in [2.45, 2.75) is 19.9 Å². The fourth-order valence-electron chi connectivity index (χ4n) is 2.49. The van der Waals surface area contributed by atoms with Gasteiger partial charge in [-0.15, -0.1) is 0 Å². The first-order chi connectivity index (χ1) is 10.2. The third-order valence-corrected chi connectivity index (χ3v) is 3.81. The number of para-hydroxylation sites is 1. The van der Waals surface area contributed by atoms with Gasteiger partial charge in [-0.05, 0) is 38.6 Å². The van der Waals surface area contributed by atoms with E-state index in [0.29, 0.717) is 5.69 Å². The van der Waals surface area contributed by atoms with Crippen LogP contribution in [0.15, 0.2) is 48.5 Å². The average molecular weight is 286 g/mol. The Morgan fingerprint density at radius 2 is 1.76 bits per heavy atom. The lowest BCUT2D eigenvalue weighted by Crippen LogP contribution is -2.34. The first-order valence-electron chi connectivity index (χ1n) is 7.39. The molecule has 0 heterocycles. The van der Waals surface area contributed by atoms with Gasteiger partial charge in [0.15, 0.2) is 0 Å². The number of likely N-dealkylation sites (N-methyl/N-ethyl adjacent to an activating group) is 2. The highest BCUT2D eigenvalue weighted by Crippen LogP contribution is 2.22. The van der Waals surface area contributed by atoms with Gasteiger partial charge in [0.25, 0.3) is 0 Å². The molecule has 3 heteroatoms. The molecule has 21 heavy (non-hydrogen) atoms. The Bertz CT molecular complexity index is 566. The largest absolute Gasteiger partial charge is 0.368 e. The van der Waals surface area contributed by atoms with Gasteiger partial charge in [-0.25, -0.2) is 4.39 Å². The summed E-state index contributed by atoms with van der Waals surface area (Å²) in [5.74, 6) is -0.168. The Balaban J connectivity index is 2.19. The molecular formula is C18H23FN2. The SMILES string of the molecule is CCN(CC(NC)c1ccc(C)cc1)c1ccccc1F. The van der Waals surface area contributed by atoms with Crippen LogP contribution in [-0.4, -0.2) is 20.1 Å². The zero-order valence-electron chi connectivity index (χ0n) is 12.9. The molecule has 0 saturated heterocycles. The van der Waals surface area contributed by atoms with E-state index in [1.165, 1.54) is 17.2 Å². The number of nitrogens with zero attached hydrogens (tertiary/aromatic N) is 1. The Hall–Kier alpha value is -1.87. The van der Waals surface area contributed by atoms with Crippen LogP contribution in [0.1, 0.15) is 24.1 Å². The van der Waals surface area contributed by atoms with Gasteiger partial charge >= 0.3 is 0 Å². The quantitative estimate of drug-likeness (QED) is 0.866. The van der Waals surface area contributed by atoms with Crippen molar-refractivity contribution in [1.29, 1.82) is 0 Å². The maximum Gasteiger partial charge on any atom is 0.146 e. The number of nitrogens with one attached hydrogen (secondary N) is 1. The molecule has 1 N–H and O–H groups in total. The summed E-state index contributed by atoms with van der Waals surface area (Å²) in [7, 11) is 1.94. The summed E-state index contributed by atoms with van der Waals surface area (Å²) < 4.78 is 14.0. The van der Waals surface area contributed by atoms with E-state index in [1.54, 1.807) is 6.07 Å². The first-order valence-corrected chi connectivity index (χ1v) is 7.39. The summed E-state index contributed by atoms with van der Waals surface area (Å²) in [4.78, 5) is 2.07. The van der Waals surface area contributed by atoms with Crippen molar-refractivity contribution in [3.05, 3.63) is 65.5 Å². The Labute approximate surface area is 126 Å². The Kier molecular flexibility index (Phi) is 5.34. The van der Waals surface area contributed by atoms with Crippen LogP contribution >= 0.6 is 0 Å². The molecule has 0 aromatic heterocycles. The predicted octanol–water partition coefficient (Wildman–Crippen LogP) is 3.92. The highest BCUT2D eigenvalue weighted by molar-refractivity contribution is 5.48. The van der Waals surface area contributed by atoms with Crippen molar-refractivity contribution in [2.24, 2.45) is 0 Å². The highest BCUT2D eigenvalue weighted by Gasteiger charge is 2.16. The molecule has 0 saturated carbocycles. The van der Waals surface area contributed by atoms with Gasteiger partial charge in [-0.1, -0.05) is 42.0 Å². The van der Waals surface area contributed by atoms with E-state index in [9.17, 15) is 4.39 Å². The molecule has 2 nitrogen and oxygen atoms in total. The summed E-state index contributed by atoms with van der Waals surface area (Å²) in [5.41, 5.74) is 3.13. The first kappa shape index (κ1) is 15.5. The van der Waals surface area contributed by atoms with Crippen molar-refractivity contribution >= 4 is 5.69 Å². The average Bonchev–Trinajstić information content (AvgIpc) is 2.51. The van der Waals surface area contributed by atoms with E-state index < -0.39 is 0 Å². The number of halogens is 1. The van der Waals surface area contributed by atoms with Gasteiger partial charge in [0.05, 0.1) is 5.69 Å². The number of anilines is 1. The molecule has 2 rings (SSSR count). The molecule has 1 atom stereocenters. The zero-order valence-corrected chi connectivity index (χ0v) is 12.9. The normalized spacial score (nSPS) is 12.2. The van der Waals surface area contributed by atoms with E-state index in [1.807, 2.05) is 26.1 Å². The number of hydrogen-bond acceptors (Lipinski definition) is 2. The molecule has 2 aromatic carbocycles. The fourth-order valence-corrected chi connectivity index (χ4v) is 2.49. The minimum Gasteiger partial charge on any atom is -0.368 e. The molecule has 0 fully saturated rings. The molecule has 112 valence electrons. The fraction of sp³-hybridized carbons (Fsp3) is 0.333. The van der Waals surface area contributed by atoms with Crippen LogP contribution in [-0.2, 0) is 0 Å². The van der Waals surface area contributed by atoms with Gasteiger partial charge in [-0.2, -0.15) is 0 Å². The molecular weight excluding hydrogens is 263 g/mol. The number of benzene rings is 2. The predicted molar refractivity (Wildman–Crippen MR) is 87.3 cm³/mol. The maximum atomic E-state index is 14.0. The molecule has 2 aromatic rings. The molecule has 0 spiro atoms. The minimum atomic E-state index is -0.168. The lowest BCUT2D eigenvalue weighted by Gasteiger charge is -2.29. The van der Waals surface area contributed by atoms with Gasteiger partial charge in [0.2, 0.25) is 0 Å². The van der Waals surface area contributed by atoms with Crippen LogP contribution < -0.4 is 10.2 Å². The second-order valence-corrected chi connectivity index (χ2v) is 5.24. The lowest BCUT2D eigenvalue weighted by atomic mass is 10.0. The summed E-state index contributed by atoms with van der Waals surface area (Å²) in [6.07, 6.45) is 0. The van der Waals surface area contributed by atoms with Crippen LogP contribution in [0.4, 0.5) is 10.1 Å². The molecule has 0 bridgehead atoms. The maximum absolute atomic E-state index is 14.0. The van der Waals surface area contributed by atoms with Crippen LogP contribution in [0, 0.1) is 12.7 Å². The van der Waals surface area contributed by atoms with E-state index >= 15 is 0 Å². The van der Waals surface area contributed by atoms with Crippen LogP contribution in [0.25, 0.3) is 0 Å². The van der Waals surface area contributed by atoms with Crippen molar-refractivity contribution in [2.75, 3.05) is 25.0 Å². The van der Waals surface area contributed by atoms with Crippen molar-refractivity contribution < 1.29 is 4.39 Å². The second kappa shape index (κ2) is 7.23. The number of rotatable bonds is 6. The molecule has 1 unspecified atom stereocenters. The van der Waals surface area contributed by atoms with Crippen molar-refractivity contribution in [3.8, 4) is 0 Å². The van der Waals surface area contributed by atoms with Gasteiger partial charge in [0.1, 0.15) is 5.82 Å².